The molecule has 0 amide bonds. The molecule has 0 spiro atoms. The summed E-state index contributed by atoms with van der Waals surface area (Å²) in [4.78, 5) is 4.68. The number of pyridine rings is 1. The lowest BCUT2D eigenvalue weighted by molar-refractivity contribution is 0.917. The number of rotatable bonds is 3. The van der Waals surface area contributed by atoms with Crippen LogP contribution in [0.15, 0.2) is 85.1 Å². The fraction of sp³-hybridized carbons (Fsp3) is 0.0833. The Morgan fingerprint density at radius 2 is 1.52 bits per heavy atom. The predicted molar refractivity (Wildman–Crippen MR) is 111 cm³/mol. The van der Waals surface area contributed by atoms with Gasteiger partial charge in [0, 0.05) is 22.5 Å². The lowest BCUT2D eigenvalue weighted by atomic mass is 10.0. The van der Waals surface area contributed by atoms with Gasteiger partial charge in [0.25, 0.3) is 0 Å². The average molecular weight is 349 g/mol. The predicted octanol–water partition coefficient (Wildman–Crippen LogP) is 5.80. The van der Waals surface area contributed by atoms with Gasteiger partial charge in [0.2, 0.25) is 0 Å². The third kappa shape index (κ3) is 2.59. The molecular formula is C24H19N3. The molecule has 0 aliphatic heterocycles. The van der Waals surface area contributed by atoms with E-state index < -0.39 is 0 Å². The molecule has 0 unspecified atom stereocenters. The molecule has 2 aromatic heterocycles. The van der Waals surface area contributed by atoms with Gasteiger partial charge >= 0.3 is 0 Å². The Hall–Kier alpha value is -3.46. The Morgan fingerprint density at radius 1 is 0.778 bits per heavy atom. The second-order valence-electron chi connectivity index (χ2n) is 6.68. The SMILES string of the molecule is CCc1ccc(-c2nn(-c3ccccc3)c3c2cnc2ccccc23)cc1. The topological polar surface area (TPSA) is 30.7 Å². The van der Waals surface area contributed by atoms with E-state index in [0.29, 0.717) is 0 Å². The molecule has 0 N–H and O–H groups in total. The van der Waals surface area contributed by atoms with Gasteiger partial charge in [0.05, 0.1) is 16.7 Å². The van der Waals surface area contributed by atoms with Crippen molar-refractivity contribution in [3.05, 3.63) is 90.6 Å². The van der Waals surface area contributed by atoms with Crippen LogP contribution in [0, 0.1) is 0 Å². The van der Waals surface area contributed by atoms with Crippen LogP contribution in [0.1, 0.15) is 12.5 Å². The number of benzene rings is 3. The minimum Gasteiger partial charge on any atom is -0.255 e. The van der Waals surface area contributed by atoms with Gasteiger partial charge in [0.15, 0.2) is 0 Å². The lowest BCUT2D eigenvalue weighted by Crippen LogP contribution is -1.96. The van der Waals surface area contributed by atoms with Gasteiger partial charge < -0.3 is 0 Å². The highest BCUT2D eigenvalue weighted by atomic mass is 15.3. The highest BCUT2D eigenvalue weighted by Gasteiger charge is 2.16. The summed E-state index contributed by atoms with van der Waals surface area (Å²) in [6.07, 6.45) is 2.98. The van der Waals surface area contributed by atoms with Crippen molar-refractivity contribution in [2.45, 2.75) is 13.3 Å². The van der Waals surface area contributed by atoms with Crippen LogP contribution in [0.3, 0.4) is 0 Å². The Kier molecular flexibility index (Phi) is 3.72. The van der Waals surface area contributed by atoms with Crippen LogP contribution >= 0.6 is 0 Å². The van der Waals surface area contributed by atoms with Crippen LogP contribution < -0.4 is 0 Å². The summed E-state index contributed by atoms with van der Waals surface area (Å²) in [5.74, 6) is 0. The average Bonchev–Trinajstić information content (AvgIpc) is 3.15. The fourth-order valence-electron chi connectivity index (χ4n) is 3.60. The van der Waals surface area contributed by atoms with Crippen LogP contribution in [0.4, 0.5) is 0 Å². The molecule has 0 atom stereocenters. The number of nitrogens with zero attached hydrogens (tertiary/aromatic N) is 3. The first-order chi connectivity index (χ1) is 13.3. The van der Waals surface area contributed by atoms with E-state index >= 15 is 0 Å². The van der Waals surface area contributed by atoms with Crippen molar-refractivity contribution in [2.24, 2.45) is 0 Å². The summed E-state index contributed by atoms with van der Waals surface area (Å²) in [5, 5.41) is 7.20. The molecule has 3 nitrogen and oxygen atoms in total. The molecule has 0 saturated heterocycles. The maximum absolute atomic E-state index is 5.01. The molecule has 0 aliphatic carbocycles. The first kappa shape index (κ1) is 15.8. The fourth-order valence-corrected chi connectivity index (χ4v) is 3.60. The van der Waals surface area contributed by atoms with Crippen molar-refractivity contribution in [1.29, 1.82) is 0 Å². The molecule has 3 aromatic carbocycles. The minimum absolute atomic E-state index is 0.967. The third-order valence-electron chi connectivity index (χ3n) is 5.05. The van der Waals surface area contributed by atoms with Gasteiger partial charge in [-0.05, 0) is 30.2 Å². The van der Waals surface area contributed by atoms with Crippen molar-refractivity contribution >= 4 is 21.8 Å². The normalized spacial score (nSPS) is 11.3. The summed E-state index contributed by atoms with van der Waals surface area (Å²) >= 11 is 0. The van der Waals surface area contributed by atoms with Crippen molar-refractivity contribution < 1.29 is 0 Å². The number of hydrogen-bond acceptors (Lipinski definition) is 2. The monoisotopic (exact) mass is 349 g/mol. The maximum Gasteiger partial charge on any atom is 0.102 e. The number of hydrogen-bond donors (Lipinski definition) is 0. The second-order valence-corrected chi connectivity index (χ2v) is 6.68. The number of aromatic nitrogens is 3. The van der Waals surface area contributed by atoms with Gasteiger partial charge in [0.1, 0.15) is 5.69 Å². The van der Waals surface area contributed by atoms with Gasteiger partial charge in [-0.1, -0.05) is 67.6 Å². The Morgan fingerprint density at radius 3 is 2.30 bits per heavy atom. The summed E-state index contributed by atoms with van der Waals surface area (Å²) < 4.78 is 2.04. The number of fused-ring (bicyclic) bond motifs is 3. The summed E-state index contributed by atoms with van der Waals surface area (Å²) in [6.45, 7) is 2.17. The summed E-state index contributed by atoms with van der Waals surface area (Å²) in [7, 11) is 0. The zero-order chi connectivity index (χ0) is 18.2. The van der Waals surface area contributed by atoms with E-state index in [4.69, 9.17) is 5.10 Å². The molecule has 5 rings (SSSR count). The molecule has 0 aliphatic rings. The van der Waals surface area contributed by atoms with E-state index in [1.165, 1.54) is 5.56 Å². The van der Waals surface area contributed by atoms with Crippen LogP contribution in [0.5, 0.6) is 0 Å². The molecule has 5 aromatic rings. The van der Waals surface area contributed by atoms with Crippen LogP contribution in [-0.4, -0.2) is 14.8 Å². The highest BCUT2D eigenvalue weighted by Crippen LogP contribution is 2.33. The lowest BCUT2D eigenvalue weighted by Gasteiger charge is -2.05. The molecular weight excluding hydrogens is 330 g/mol. The molecule has 0 saturated carbocycles. The summed E-state index contributed by atoms with van der Waals surface area (Å²) in [6, 6.07) is 27.2. The zero-order valence-electron chi connectivity index (χ0n) is 15.1. The van der Waals surface area contributed by atoms with E-state index in [1.54, 1.807) is 0 Å². The van der Waals surface area contributed by atoms with Gasteiger partial charge in [-0.2, -0.15) is 5.10 Å². The molecule has 130 valence electrons. The molecule has 3 heteroatoms. The zero-order valence-corrected chi connectivity index (χ0v) is 15.1. The third-order valence-corrected chi connectivity index (χ3v) is 5.05. The maximum atomic E-state index is 5.01. The largest absolute Gasteiger partial charge is 0.255 e. The Bertz CT molecular complexity index is 1240. The number of aryl methyl sites for hydroxylation is 1. The van der Waals surface area contributed by atoms with Gasteiger partial charge in [-0.3, -0.25) is 4.98 Å². The van der Waals surface area contributed by atoms with E-state index in [9.17, 15) is 0 Å². The van der Waals surface area contributed by atoms with Gasteiger partial charge in [-0.25, -0.2) is 4.68 Å². The Balaban J connectivity index is 1.86. The molecule has 0 bridgehead atoms. The highest BCUT2D eigenvalue weighted by molar-refractivity contribution is 6.08. The number of para-hydroxylation sites is 2. The first-order valence-corrected chi connectivity index (χ1v) is 9.26. The van der Waals surface area contributed by atoms with E-state index in [0.717, 1.165) is 45.2 Å². The van der Waals surface area contributed by atoms with E-state index in [1.807, 2.05) is 41.2 Å². The van der Waals surface area contributed by atoms with Crippen molar-refractivity contribution in [2.75, 3.05) is 0 Å². The van der Waals surface area contributed by atoms with Crippen LogP contribution in [0.2, 0.25) is 0 Å². The van der Waals surface area contributed by atoms with E-state index in [2.05, 4.69) is 60.4 Å². The Labute approximate surface area is 157 Å². The second kappa shape index (κ2) is 6.36. The molecule has 0 radical (unpaired) electrons. The molecule has 0 fully saturated rings. The van der Waals surface area contributed by atoms with Crippen molar-refractivity contribution in [1.82, 2.24) is 14.8 Å². The van der Waals surface area contributed by atoms with Crippen molar-refractivity contribution in [3.8, 4) is 16.9 Å². The van der Waals surface area contributed by atoms with Crippen molar-refractivity contribution in [3.63, 3.8) is 0 Å². The van der Waals surface area contributed by atoms with Gasteiger partial charge in [-0.15, -0.1) is 0 Å². The smallest absolute Gasteiger partial charge is 0.102 e. The minimum atomic E-state index is 0.967. The standard InChI is InChI=1S/C24H19N3/c1-2-17-12-14-18(15-13-17)23-21-16-25-22-11-7-6-10-20(22)24(21)27(26-23)19-8-4-3-5-9-19/h3-16H,2H2,1H3. The van der Waals surface area contributed by atoms with Crippen LogP contribution in [0.25, 0.3) is 38.8 Å². The molecule has 27 heavy (non-hydrogen) atoms. The first-order valence-electron chi connectivity index (χ1n) is 9.26. The van der Waals surface area contributed by atoms with Crippen LogP contribution in [-0.2, 0) is 6.42 Å². The molecule has 2 heterocycles. The summed E-state index contributed by atoms with van der Waals surface area (Å²) in [5.41, 5.74) is 6.54. The van der Waals surface area contributed by atoms with E-state index in [-0.39, 0.29) is 0 Å². The quantitative estimate of drug-likeness (QED) is 0.412.